The monoisotopic (exact) mass is 358 g/mol. The Morgan fingerprint density at radius 1 is 0.960 bits per heavy atom. The third kappa shape index (κ3) is 3.49. The van der Waals surface area contributed by atoms with Gasteiger partial charge in [0, 0.05) is 42.8 Å². The summed E-state index contributed by atoms with van der Waals surface area (Å²) in [7, 11) is 0. The normalized spacial score (nSPS) is 22.8. The number of carbonyl (C=O) groups excluding carboxylic acids is 1. The van der Waals surface area contributed by atoms with Crippen molar-refractivity contribution in [2.45, 2.75) is 12.3 Å². The molecule has 1 saturated carbocycles. The fraction of sp³-hybridized carbons (Fsp3) is 0.350. The Kier molecular flexibility index (Phi) is 4.38. The summed E-state index contributed by atoms with van der Waals surface area (Å²) in [6.45, 7) is 3.16. The molecule has 0 N–H and O–H groups in total. The number of rotatable bonds is 3. The zero-order valence-electron chi connectivity index (χ0n) is 13.9. The van der Waals surface area contributed by atoms with E-state index >= 15 is 0 Å². The molecule has 2 atom stereocenters. The first kappa shape index (κ1) is 16.4. The highest BCUT2D eigenvalue weighted by atomic mass is 35.5. The van der Waals surface area contributed by atoms with Crippen molar-refractivity contribution in [2.75, 3.05) is 31.1 Å². The van der Waals surface area contributed by atoms with Crippen LogP contribution in [0.5, 0.6) is 0 Å². The van der Waals surface area contributed by atoms with Crippen molar-refractivity contribution in [1.82, 2.24) is 4.90 Å². The summed E-state index contributed by atoms with van der Waals surface area (Å²) in [5.41, 5.74) is 2.21. The topological polar surface area (TPSA) is 23.6 Å². The van der Waals surface area contributed by atoms with Gasteiger partial charge in [-0.15, -0.1) is 0 Å². The number of hydrogen-bond acceptors (Lipinski definition) is 2. The molecule has 2 aromatic rings. The number of nitrogens with zero attached hydrogens (tertiary/aromatic N) is 2. The molecule has 3 nitrogen and oxygen atoms in total. The van der Waals surface area contributed by atoms with Crippen LogP contribution in [0.15, 0.2) is 48.5 Å². The van der Waals surface area contributed by atoms with Crippen LogP contribution in [0.1, 0.15) is 17.9 Å². The van der Waals surface area contributed by atoms with Crippen molar-refractivity contribution in [3.63, 3.8) is 0 Å². The van der Waals surface area contributed by atoms with Gasteiger partial charge in [-0.25, -0.2) is 4.39 Å². The lowest BCUT2D eigenvalue weighted by Crippen LogP contribution is -2.49. The second-order valence-corrected chi connectivity index (χ2v) is 7.23. The molecule has 1 aliphatic heterocycles. The average molecular weight is 359 g/mol. The van der Waals surface area contributed by atoms with Crippen molar-refractivity contribution >= 4 is 23.2 Å². The van der Waals surface area contributed by atoms with Gasteiger partial charge in [0.15, 0.2) is 0 Å². The highest BCUT2D eigenvalue weighted by Crippen LogP contribution is 2.48. The number of piperazine rings is 1. The summed E-state index contributed by atoms with van der Waals surface area (Å²) in [4.78, 5) is 17.0. The van der Waals surface area contributed by atoms with E-state index in [2.05, 4.69) is 4.90 Å². The molecular formula is C20H20ClFN2O. The van der Waals surface area contributed by atoms with Crippen LogP contribution in [0.25, 0.3) is 0 Å². The van der Waals surface area contributed by atoms with Crippen molar-refractivity contribution in [2.24, 2.45) is 5.92 Å². The third-order valence-corrected chi connectivity index (χ3v) is 5.44. The zero-order chi connectivity index (χ0) is 17.4. The summed E-state index contributed by atoms with van der Waals surface area (Å²) in [6.07, 6.45) is 0.877. The van der Waals surface area contributed by atoms with Crippen LogP contribution < -0.4 is 4.90 Å². The summed E-state index contributed by atoms with van der Waals surface area (Å²) in [6, 6.07) is 14.4. The Bertz CT molecular complexity index is 754. The minimum absolute atomic E-state index is 0.0625. The molecule has 2 aromatic carbocycles. The van der Waals surface area contributed by atoms with Crippen molar-refractivity contribution in [3.8, 4) is 0 Å². The Labute approximate surface area is 152 Å². The van der Waals surface area contributed by atoms with Gasteiger partial charge in [0.25, 0.3) is 0 Å². The standard InChI is InChI=1S/C20H20ClFN2O/c21-15-3-7-17(8-4-15)23-9-11-24(12-10-23)20(25)19-13-18(19)14-1-5-16(22)6-2-14/h1-8,18-19H,9-13H2. The van der Waals surface area contributed by atoms with E-state index in [0.717, 1.165) is 48.9 Å². The molecular weight excluding hydrogens is 339 g/mol. The van der Waals surface area contributed by atoms with Crippen molar-refractivity contribution in [3.05, 3.63) is 64.9 Å². The fourth-order valence-corrected chi connectivity index (χ4v) is 3.74. The number of carbonyl (C=O) groups is 1. The van der Waals surface area contributed by atoms with E-state index in [1.54, 1.807) is 12.1 Å². The van der Waals surface area contributed by atoms with E-state index in [-0.39, 0.29) is 23.6 Å². The van der Waals surface area contributed by atoms with Gasteiger partial charge in [-0.1, -0.05) is 23.7 Å². The minimum Gasteiger partial charge on any atom is -0.368 e. The van der Waals surface area contributed by atoms with Crippen LogP contribution in [-0.4, -0.2) is 37.0 Å². The Morgan fingerprint density at radius 2 is 1.60 bits per heavy atom. The van der Waals surface area contributed by atoms with Gasteiger partial charge in [0.1, 0.15) is 5.82 Å². The van der Waals surface area contributed by atoms with E-state index < -0.39 is 0 Å². The molecule has 5 heteroatoms. The lowest BCUT2D eigenvalue weighted by Gasteiger charge is -2.36. The van der Waals surface area contributed by atoms with Gasteiger partial charge in [0.05, 0.1) is 0 Å². The van der Waals surface area contributed by atoms with E-state index in [0.29, 0.717) is 0 Å². The highest BCUT2D eigenvalue weighted by molar-refractivity contribution is 6.30. The number of amides is 1. The summed E-state index contributed by atoms with van der Waals surface area (Å²) in [5.74, 6) is 0.325. The van der Waals surface area contributed by atoms with Crippen LogP contribution in [0.2, 0.25) is 5.02 Å². The Hall–Kier alpha value is -2.07. The van der Waals surface area contributed by atoms with E-state index in [1.165, 1.54) is 12.1 Å². The smallest absolute Gasteiger partial charge is 0.226 e. The minimum atomic E-state index is -0.231. The Balaban J connectivity index is 1.33. The second kappa shape index (κ2) is 6.68. The van der Waals surface area contributed by atoms with E-state index in [9.17, 15) is 9.18 Å². The summed E-state index contributed by atoms with van der Waals surface area (Å²) in [5, 5.41) is 0.734. The van der Waals surface area contributed by atoms with Crippen molar-refractivity contribution in [1.29, 1.82) is 0 Å². The van der Waals surface area contributed by atoms with E-state index in [1.807, 2.05) is 29.2 Å². The summed E-state index contributed by atoms with van der Waals surface area (Å²) >= 11 is 5.94. The fourth-order valence-electron chi connectivity index (χ4n) is 3.62. The molecule has 0 spiro atoms. The third-order valence-electron chi connectivity index (χ3n) is 5.19. The van der Waals surface area contributed by atoms with Gasteiger partial charge >= 0.3 is 0 Å². The molecule has 1 aliphatic carbocycles. The molecule has 2 unspecified atom stereocenters. The maximum atomic E-state index is 13.0. The lowest BCUT2D eigenvalue weighted by atomic mass is 10.1. The number of benzene rings is 2. The van der Waals surface area contributed by atoms with Gasteiger partial charge in [-0.05, 0) is 54.3 Å². The predicted molar refractivity (Wildman–Crippen MR) is 97.5 cm³/mol. The maximum absolute atomic E-state index is 13.0. The quantitative estimate of drug-likeness (QED) is 0.830. The van der Waals surface area contributed by atoms with Crippen molar-refractivity contribution < 1.29 is 9.18 Å². The summed E-state index contributed by atoms with van der Waals surface area (Å²) < 4.78 is 13.0. The van der Waals surface area contributed by atoms with Crippen LogP contribution in [0.3, 0.4) is 0 Å². The molecule has 0 bridgehead atoms. The largest absolute Gasteiger partial charge is 0.368 e. The van der Waals surface area contributed by atoms with Crippen LogP contribution in [0.4, 0.5) is 10.1 Å². The van der Waals surface area contributed by atoms with Gasteiger partial charge in [-0.2, -0.15) is 0 Å². The molecule has 1 amide bonds. The highest BCUT2D eigenvalue weighted by Gasteiger charge is 2.46. The maximum Gasteiger partial charge on any atom is 0.226 e. The molecule has 1 heterocycles. The van der Waals surface area contributed by atoms with Gasteiger partial charge in [-0.3, -0.25) is 4.79 Å². The molecule has 2 fully saturated rings. The number of hydrogen-bond donors (Lipinski definition) is 0. The molecule has 2 aliphatic rings. The van der Waals surface area contributed by atoms with Gasteiger partial charge in [0.2, 0.25) is 5.91 Å². The molecule has 1 saturated heterocycles. The predicted octanol–water partition coefficient (Wildman–Crippen LogP) is 3.93. The first-order valence-corrected chi connectivity index (χ1v) is 9.04. The average Bonchev–Trinajstić information content (AvgIpc) is 3.43. The van der Waals surface area contributed by atoms with E-state index in [4.69, 9.17) is 11.6 Å². The zero-order valence-corrected chi connectivity index (χ0v) is 14.6. The molecule has 0 radical (unpaired) electrons. The van der Waals surface area contributed by atoms with Crippen LogP contribution >= 0.6 is 11.6 Å². The molecule has 25 heavy (non-hydrogen) atoms. The van der Waals surface area contributed by atoms with Gasteiger partial charge < -0.3 is 9.80 Å². The first-order valence-electron chi connectivity index (χ1n) is 8.66. The molecule has 4 rings (SSSR count). The van der Waals surface area contributed by atoms with Crippen LogP contribution in [-0.2, 0) is 4.79 Å². The number of anilines is 1. The molecule has 0 aromatic heterocycles. The number of halogens is 2. The second-order valence-electron chi connectivity index (χ2n) is 6.79. The lowest BCUT2D eigenvalue weighted by molar-refractivity contribution is -0.132. The first-order chi connectivity index (χ1) is 12.1. The SMILES string of the molecule is O=C(C1CC1c1ccc(F)cc1)N1CCN(c2ccc(Cl)cc2)CC1. The van der Waals surface area contributed by atoms with Crippen LogP contribution in [0, 0.1) is 11.7 Å². The molecule has 130 valence electrons. The Morgan fingerprint density at radius 3 is 2.24 bits per heavy atom.